The first-order chi connectivity index (χ1) is 6.83. The molecule has 14 heavy (non-hydrogen) atoms. The molecule has 0 spiro atoms. The van der Waals surface area contributed by atoms with E-state index in [1.54, 1.807) is 0 Å². The third-order valence-electron chi connectivity index (χ3n) is 3.47. The van der Waals surface area contributed by atoms with E-state index in [1.807, 2.05) is 19.4 Å². The van der Waals surface area contributed by atoms with Crippen LogP contribution in [0.4, 0.5) is 0 Å². The zero-order valence-corrected chi connectivity index (χ0v) is 8.96. The summed E-state index contributed by atoms with van der Waals surface area (Å²) in [6, 6.07) is 4.32. The summed E-state index contributed by atoms with van der Waals surface area (Å²) in [5, 5.41) is 3.31. The average molecular weight is 190 g/mol. The largest absolute Gasteiger partial charge is 0.319 e. The highest BCUT2D eigenvalue weighted by Gasteiger charge is 2.53. The molecule has 0 radical (unpaired) electrons. The molecule has 1 aromatic rings. The fourth-order valence-electron chi connectivity index (χ4n) is 2.59. The second-order valence-electron chi connectivity index (χ2n) is 4.23. The van der Waals surface area contributed by atoms with Crippen molar-refractivity contribution in [2.75, 3.05) is 13.6 Å². The molecule has 0 bridgehead atoms. The molecular formula is C12H18N2. The van der Waals surface area contributed by atoms with Gasteiger partial charge in [-0.05, 0) is 37.1 Å². The van der Waals surface area contributed by atoms with E-state index in [0.717, 1.165) is 12.5 Å². The Morgan fingerprint density at radius 3 is 2.71 bits per heavy atom. The summed E-state index contributed by atoms with van der Waals surface area (Å²) in [5.74, 6) is 0.859. The van der Waals surface area contributed by atoms with Crippen LogP contribution in [0, 0.1) is 5.92 Å². The number of nitrogens with one attached hydrogen (secondary N) is 1. The van der Waals surface area contributed by atoms with Gasteiger partial charge in [-0.3, -0.25) is 4.98 Å². The number of likely N-dealkylation sites (N-methyl/N-ethyl adjacent to an activating group) is 1. The van der Waals surface area contributed by atoms with Gasteiger partial charge in [0, 0.05) is 24.4 Å². The molecule has 0 aromatic carbocycles. The second kappa shape index (κ2) is 3.70. The predicted octanol–water partition coefficient (Wildman–Crippen LogP) is 1.97. The highest BCUT2D eigenvalue weighted by Crippen LogP contribution is 2.55. The Bertz CT molecular complexity index is 296. The minimum atomic E-state index is 0.409. The van der Waals surface area contributed by atoms with E-state index < -0.39 is 0 Å². The molecular weight excluding hydrogens is 172 g/mol. The van der Waals surface area contributed by atoms with Gasteiger partial charge in [-0.2, -0.15) is 0 Å². The fourth-order valence-corrected chi connectivity index (χ4v) is 2.59. The number of hydrogen-bond acceptors (Lipinski definition) is 2. The zero-order chi connectivity index (χ0) is 10.0. The molecule has 1 aromatic heterocycles. The number of pyridine rings is 1. The van der Waals surface area contributed by atoms with Crippen LogP contribution in [0.3, 0.4) is 0 Å². The van der Waals surface area contributed by atoms with Crippen LogP contribution in [0.1, 0.15) is 25.3 Å². The van der Waals surface area contributed by atoms with Crippen molar-refractivity contribution in [2.24, 2.45) is 5.92 Å². The van der Waals surface area contributed by atoms with Crippen LogP contribution in [-0.4, -0.2) is 18.6 Å². The molecule has 2 atom stereocenters. The maximum atomic E-state index is 4.08. The van der Waals surface area contributed by atoms with Crippen molar-refractivity contribution in [1.82, 2.24) is 10.3 Å². The van der Waals surface area contributed by atoms with Crippen molar-refractivity contribution in [3.8, 4) is 0 Å². The van der Waals surface area contributed by atoms with Gasteiger partial charge in [-0.1, -0.05) is 13.3 Å². The van der Waals surface area contributed by atoms with Gasteiger partial charge in [0.1, 0.15) is 0 Å². The SMILES string of the molecule is CCC1CC1(CNC)c1ccncc1. The van der Waals surface area contributed by atoms with E-state index in [0.29, 0.717) is 5.41 Å². The molecule has 1 heterocycles. The fraction of sp³-hybridized carbons (Fsp3) is 0.583. The summed E-state index contributed by atoms with van der Waals surface area (Å²) < 4.78 is 0. The third kappa shape index (κ3) is 1.44. The molecule has 0 aliphatic heterocycles. The molecule has 1 saturated carbocycles. The van der Waals surface area contributed by atoms with Crippen LogP contribution in [0.5, 0.6) is 0 Å². The smallest absolute Gasteiger partial charge is 0.0270 e. The Morgan fingerprint density at radius 2 is 2.21 bits per heavy atom. The number of aromatic nitrogens is 1. The second-order valence-corrected chi connectivity index (χ2v) is 4.23. The molecule has 1 N–H and O–H groups in total. The Hall–Kier alpha value is -0.890. The van der Waals surface area contributed by atoms with Crippen molar-refractivity contribution in [1.29, 1.82) is 0 Å². The lowest BCUT2D eigenvalue weighted by Gasteiger charge is -2.16. The normalized spacial score (nSPS) is 30.3. The monoisotopic (exact) mass is 190 g/mol. The van der Waals surface area contributed by atoms with Crippen LogP contribution in [0.2, 0.25) is 0 Å². The topological polar surface area (TPSA) is 24.9 Å². The standard InChI is InChI=1S/C12H18N2/c1-3-10-8-12(10,9-13-2)11-4-6-14-7-5-11/h4-7,10,13H,3,8-9H2,1-2H3. The summed E-state index contributed by atoms with van der Waals surface area (Å²) in [6.45, 7) is 3.37. The third-order valence-corrected chi connectivity index (χ3v) is 3.47. The van der Waals surface area contributed by atoms with Gasteiger partial charge in [0.05, 0.1) is 0 Å². The Labute approximate surface area is 85.7 Å². The Balaban J connectivity index is 2.22. The molecule has 1 aliphatic rings. The lowest BCUT2D eigenvalue weighted by molar-refractivity contribution is 0.553. The molecule has 76 valence electrons. The number of nitrogens with zero attached hydrogens (tertiary/aromatic N) is 1. The maximum absolute atomic E-state index is 4.08. The van der Waals surface area contributed by atoms with Gasteiger partial charge in [0.15, 0.2) is 0 Å². The van der Waals surface area contributed by atoms with Gasteiger partial charge in [-0.15, -0.1) is 0 Å². The van der Waals surface area contributed by atoms with Gasteiger partial charge >= 0.3 is 0 Å². The molecule has 1 aliphatic carbocycles. The van der Waals surface area contributed by atoms with E-state index >= 15 is 0 Å². The van der Waals surface area contributed by atoms with Crippen molar-refractivity contribution < 1.29 is 0 Å². The minimum absolute atomic E-state index is 0.409. The highest BCUT2D eigenvalue weighted by atomic mass is 14.9. The number of rotatable bonds is 4. The van der Waals surface area contributed by atoms with Crippen molar-refractivity contribution in [3.05, 3.63) is 30.1 Å². The van der Waals surface area contributed by atoms with Crippen LogP contribution in [-0.2, 0) is 5.41 Å². The van der Waals surface area contributed by atoms with Gasteiger partial charge in [0.25, 0.3) is 0 Å². The first-order valence-electron chi connectivity index (χ1n) is 5.38. The first kappa shape index (κ1) is 9.66. The molecule has 2 unspecified atom stereocenters. The lowest BCUT2D eigenvalue weighted by atomic mass is 9.93. The first-order valence-corrected chi connectivity index (χ1v) is 5.38. The highest BCUT2D eigenvalue weighted by molar-refractivity contribution is 5.32. The Kier molecular flexibility index (Phi) is 2.55. The molecule has 2 heteroatoms. The predicted molar refractivity (Wildman–Crippen MR) is 58.2 cm³/mol. The van der Waals surface area contributed by atoms with E-state index in [9.17, 15) is 0 Å². The van der Waals surface area contributed by atoms with E-state index in [4.69, 9.17) is 0 Å². The summed E-state index contributed by atoms with van der Waals surface area (Å²) in [7, 11) is 2.04. The van der Waals surface area contributed by atoms with Gasteiger partial charge in [-0.25, -0.2) is 0 Å². The van der Waals surface area contributed by atoms with Crippen LogP contribution < -0.4 is 5.32 Å². The quantitative estimate of drug-likeness (QED) is 0.785. The molecule has 0 saturated heterocycles. The average Bonchev–Trinajstić information content (AvgIpc) is 2.95. The van der Waals surface area contributed by atoms with E-state index in [2.05, 4.69) is 29.4 Å². The molecule has 1 fully saturated rings. The summed E-state index contributed by atoms with van der Waals surface area (Å²) in [6.07, 6.45) is 6.41. The summed E-state index contributed by atoms with van der Waals surface area (Å²) in [5.41, 5.74) is 1.86. The number of hydrogen-bond donors (Lipinski definition) is 1. The minimum Gasteiger partial charge on any atom is -0.319 e. The lowest BCUT2D eigenvalue weighted by Crippen LogP contribution is -2.25. The zero-order valence-electron chi connectivity index (χ0n) is 8.96. The molecule has 0 amide bonds. The molecule has 2 nitrogen and oxygen atoms in total. The van der Waals surface area contributed by atoms with Gasteiger partial charge in [0.2, 0.25) is 0 Å². The van der Waals surface area contributed by atoms with Crippen molar-refractivity contribution >= 4 is 0 Å². The van der Waals surface area contributed by atoms with Crippen LogP contribution >= 0.6 is 0 Å². The van der Waals surface area contributed by atoms with Crippen LogP contribution in [0.15, 0.2) is 24.5 Å². The van der Waals surface area contributed by atoms with E-state index in [1.165, 1.54) is 18.4 Å². The summed E-state index contributed by atoms with van der Waals surface area (Å²) >= 11 is 0. The van der Waals surface area contributed by atoms with Gasteiger partial charge < -0.3 is 5.32 Å². The summed E-state index contributed by atoms with van der Waals surface area (Å²) in [4.78, 5) is 4.08. The van der Waals surface area contributed by atoms with Crippen LogP contribution in [0.25, 0.3) is 0 Å². The van der Waals surface area contributed by atoms with E-state index in [-0.39, 0.29) is 0 Å². The van der Waals surface area contributed by atoms with Crippen molar-refractivity contribution in [3.63, 3.8) is 0 Å². The Morgan fingerprint density at radius 1 is 1.50 bits per heavy atom. The van der Waals surface area contributed by atoms with Crippen molar-refractivity contribution in [2.45, 2.75) is 25.2 Å². The maximum Gasteiger partial charge on any atom is 0.0270 e. The molecule has 2 rings (SSSR count).